The van der Waals surface area contributed by atoms with E-state index in [-0.39, 0.29) is 18.2 Å². The number of carboxylic acids is 1. The number of hydrogen-bond acceptors (Lipinski definition) is 2. The maximum atomic E-state index is 12.1. The summed E-state index contributed by atoms with van der Waals surface area (Å²) in [5.41, 5.74) is 0.676. The quantitative estimate of drug-likeness (QED) is 0.849. The van der Waals surface area contributed by atoms with Gasteiger partial charge in [0.2, 0.25) is 5.91 Å². The van der Waals surface area contributed by atoms with Crippen molar-refractivity contribution in [2.24, 2.45) is 5.92 Å². The summed E-state index contributed by atoms with van der Waals surface area (Å²) in [6.45, 7) is 4.19. The average Bonchev–Trinajstić information content (AvgIpc) is 2.78. The highest BCUT2D eigenvalue weighted by atomic mass is 35.5. The van der Waals surface area contributed by atoms with Gasteiger partial charge in [-0.3, -0.25) is 9.59 Å². The van der Waals surface area contributed by atoms with Gasteiger partial charge >= 0.3 is 5.97 Å². The van der Waals surface area contributed by atoms with Crippen molar-refractivity contribution in [3.63, 3.8) is 0 Å². The number of aliphatic carboxylic acids is 1. The Morgan fingerprint density at radius 3 is 2.80 bits per heavy atom. The minimum atomic E-state index is -0.954. The van der Waals surface area contributed by atoms with E-state index in [2.05, 4.69) is 6.58 Å². The number of carbonyl (C=O) groups is 2. The first kappa shape index (κ1) is 14.6. The van der Waals surface area contributed by atoms with Crippen LogP contribution in [0.1, 0.15) is 24.4 Å². The summed E-state index contributed by atoms with van der Waals surface area (Å²) in [5, 5.41) is 9.58. The van der Waals surface area contributed by atoms with Crippen LogP contribution in [0.25, 0.3) is 0 Å². The zero-order valence-electron chi connectivity index (χ0n) is 11.0. The van der Waals surface area contributed by atoms with E-state index < -0.39 is 12.0 Å². The van der Waals surface area contributed by atoms with Gasteiger partial charge in [-0.1, -0.05) is 35.9 Å². The molecule has 5 heteroatoms. The number of halogens is 1. The van der Waals surface area contributed by atoms with E-state index in [0.717, 1.165) is 0 Å². The Morgan fingerprint density at radius 1 is 1.55 bits per heavy atom. The maximum absolute atomic E-state index is 12.1. The molecule has 0 radical (unpaired) electrons. The van der Waals surface area contributed by atoms with E-state index in [1.54, 1.807) is 35.2 Å². The first-order valence-electron chi connectivity index (χ1n) is 6.41. The lowest BCUT2D eigenvalue weighted by Gasteiger charge is -2.28. The zero-order valence-corrected chi connectivity index (χ0v) is 11.7. The minimum Gasteiger partial charge on any atom is -0.481 e. The second-order valence-corrected chi connectivity index (χ2v) is 5.29. The Bertz CT molecular complexity index is 544. The number of nitrogens with zero attached hydrogens (tertiary/aromatic N) is 1. The van der Waals surface area contributed by atoms with Crippen molar-refractivity contribution >= 4 is 23.5 Å². The minimum absolute atomic E-state index is 0.0546. The number of likely N-dealkylation sites (tertiary alicyclic amines) is 1. The molecule has 1 aromatic rings. The molecule has 2 unspecified atom stereocenters. The molecule has 4 nitrogen and oxygen atoms in total. The van der Waals surface area contributed by atoms with E-state index >= 15 is 0 Å². The van der Waals surface area contributed by atoms with E-state index in [9.17, 15) is 9.59 Å². The molecule has 0 aliphatic carbocycles. The summed E-state index contributed by atoms with van der Waals surface area (Å²) in [6.07, 6.45) is 1.96. The second kappa shape index (κ2) is 6.09. The van der Waals surface area contributed by atoms with Gasteiger partial charge in [-0.05, 0) is 11.6 Å². The van der Waals surface area contributed by atoms with Gasteiger partial charge in [-0.2, -0.15) is 0 Å². The zero-order chi connectivity index (χ0) is 14.7. The SMILES string of the molecule is C=CC1CC(=O)N(C(CC(=O)O)c2ccccc2Cl)C1. The van der Waals surface area contributed by atoms with Gasteiger partial charge in [0.05, 0.1) is 12.5 Å². The van der Waals surface area contributed by atoms with Gasteiger partial charge in [0.25, 0.3) is 0 Å². The Kier molecular flexibility index (Phi) is 4.45. The van der Waals surface area contributed by atoms with Crippen molar-refractivity contribution in [1.82, 2.24) is 4.90 Å². The van der Waals surface area contributed by atoms with Crippen molar-refractivity contribution in [2.75, 3.05) is 6.54 Å². The van der Waals surface area contributed by atoms with Crippen LogP contribution in [0, 0.1) is 5.92 Å². The van der Waals surface area contributed by atoms with Gasteiger partial charge in [-0.15, -0.1) is 6.58 Å². The molecule has 1 aliphatic rings. The predicted molar refractivity (Wildman–Crippen MR) is 76.5 cm³/mol. The molecule has 2 atom stereocenters. The van der Waals surface area contributed by atoms with Crippen molar-refractivity contribution in [1.29, 1.82) is 0 Å². The van der Waals surface area contributed by atoms with Crippen LogP contribution in [0.3, 0.4) is 0 Å². The summed E-state index contributed by atoms with van der Waals surface area (Å²) >= 11 is 6.15. The van der Waals surface area contributed by atoms with Crippen molar-refractivity contribution in [3.8, 4) is 0 Å². The summed E-state index contributed by atoms with van der Waals surface area (Å²) < 4.78 is 0. The molecule has 0 aromatic heterocycles. The van der Waals surface area contributed by atoms with E-state index in [1.807, 2.05) is 0 Å². The van der Waals surface area contributed by atoms with Gasteiger partial charge in [0, 0.05) is 23.9 Å². The van der Waals surface area contributed by atoms with Gasteiger partial charge in [0.15, 0.2) is 0 Å². The molecule has 1 N–H and O–H groups in total. The molecule has 1 fully saturated rings. The fraction of sp³-hybridized carbons (Fsp3) is 0.333. The first-order valence-corrected chi connectivity index (χ1v) is 6.79. The third-order valence-corrected chi connectivity index (χ3v) is 3.87. The van der Waals surface area contributed by atoms with Crippen LogP contribution in [0.5, 0.6) is 0 Å². The summed E-state index contributed by atoms with van der Waals surface area (Å²) in [7, 11) is 0. The molecule has 0 saturated carbocycles. The predicted octanol–water partition coefficient (Wildman–Crippen LogP) is 2.89. The molecular formula is C15H16ClNO3. The number of benzene rings is 1. The highest BCUT2D eigenvalue weighted by Gasteiger charge is 2.35. The van der Waals surface area contributed by atoms with Crippen LogP contribution in [0.4, 0.5) is 0 Å². The fourth-order valence-corrected chi connectivity index (χ4v) is 2.78. The maximum Gasteiger partial charge on any atom is 0.305 e. The van der Waals surface area contributed by atoms with Crippen molar-refractivity contribution in [2.45, 2.75) is 18.9 Å². The van der Waals surface area contributed by atoms with E-state index in [0.29, 0.717) is 23.6 Å². The molecule has 20 heavy (non-hydrogen) atoms. The molecular weight excluding hydrogens is 278 g/mol. The topological polar surface area (TPSA) is 57.6 Å². The monoisotopic (exact) mass is 293 g/mol. The van der Waals surface area contributed by atoms with Gasteiger partial charge in [0.1, 0.15) is 0 Å². The molecule has 1 aliphatic heterocycles. The summed E-state index contributed by atoms with van der Waals surface area (Å²) in [4.78, 5) is 24.8. The van der Waals surface area contributed by atoms with Crippen molar-refractivity contribution < 1.29 is 14.7 Å². The Balaban J connectivity index is 2.33. The molecule has 1 saturated heterocycles. The van der Waals surface area contributed by atoms with Crippen LogP contribution in [-0.2, 0) is 9.59 Å². The smallest absolute Gasteiger partial charge is 0.305 e. The highest BCUT2D eigenvalue weighted by molar-refractivity contribution is 6.31. The van der Waals surface area contributed by atoms with Gasteiger partial charge < -0.3 is 10.0 Å². The summed E-state index contributed by atoms with van der Waals surface area (Å²) in [5.74, 6) is -0.938. The lowest BCUT2D eigenvalue weighted by atomic mass is 10.0. The molecule has 106 valence electrons. The Labute approximate surface area is 122 Å². The second-order valence-electron chi connectivity index (χ2n) is 4.88. The number of carbonyl (C=O) groups excluding carboxylic acids is 1. The van der Waals surface area contributed by atoms with Crippen LogP contribution < -0.4 is 0 Å². The molecule has 1 amide bonds. The standard InChI is InChI=1S/C15H16ClNO3/c1-2-10-7-14(18)17(9-10)13(8-15(19)20)11-5-3-4-6-12(11)16/h2-6,10,13H,1,7-9H2,(H,19,20). The first-order chi connectivity index (χ1) is 9.52. The molecule has 0 spiro atoms. The lowest BCUT2D eigenvalue weighted by molar-refractivity contribution is -0.139. The molecule has 1 heterocycles. The van der Waals surface area contributed by atoms with Gasteiger partial charge in [-0.25, -0.2) is 0 Å². The normalized spacial score (nSPS) is 19.9. The largest absolute Gasteiger partial charge is 0.481 e. The van der Waals surface area contributed by atoms with Crippen LogP contribution in [-0.4, -0.2) is 28.4 Å². The van der Waals surface area contributed by atoms with Crippen LogP contribution in [0.15, 0.2) is 36.9 Å². The lowest BCUT2D eigenvalue weighted by Crippen LogP contribution is -2.32. The van der Waals surface area contributed by atoms with E-state index in [4.69, 9.17) is 16.7 Å². The highest BCUT2D eigenvalue weighted by Crippen LogP contribution is 2.34. The third-order valence-electron chi connectivity index (χ3n) is 3.53. The number of carboxylic acid groups (broad SMARTS) is 1. The summed E-state index contributed by atoms with van der Waals surface area (Å²) in [6, 6.07) is 6.52. The van der Waals surface area contributed by atoms with Crippen LogP contribution >= 0.6 is 11.6 Å². The fourth-order valence-electron chi connectivity index (χ4n) is 2.52. The van der Waals surface area contributed by atoms with Crippen LogP contribution in [0.2, 0.25) is 5.02 Å². The number of rotatable bonds is 5. The molecule has 0 bridgehead atoms. The number of amides is 1. The Hall–Kier alpha value is -1.81. The Morgan fingerprint density at radius 2 is 2.25 bits per heavy atom. The third kappa shape index (κ3) is 3.02. The average molecular weight is 294 g/mol. The van der Waals surface area contributed by atoms with Crippen molar-refractivity contribution in [3.05, 3.63) is 47.5 Å². The van der Waals surface area contributed by atoms with E-state index in [1.165, 1.54) is 0 Å². The number of hydrogen-bond donors (Lipinski definition) is 1. The molecule has 1 aromatic carbocycles. The molecule has 2 rings (SSSR count).